The van der Waals surface area contributed by atoms with Crippen LogP contribution in [-0.4, -0.2) is 25.1 Å². The number of rotatable bonds is 3. The van der Waals surface area contributed by atoms with Gasteiger partial charge in [0.2, 0.25) is 0 Å². The van der Waals surface area contributed by atoms with E-state index in [9.17, 15) is 4.79 Å². The molecule has 0 atom stereocenters. The highest BCUT2D eigenvalue weighted by atomic mass is 16.7. The molecule has 12 heavy (non-hydrogen) atoms. The predicted molar refractivity (Wildman–Crippen MR) is 50.6 cm³/mol. The molecular weight excluding hydrogens is 154 g/mol. The van der Waals surface area contributed by atoms with Crippen LogP contribution in [0.1, 0.15) is 26.7 Å². The van der Waals surface area contributed by atoms with E-state index in [0.29, 0.717) is 0 Å². The molecule has 0 rings (SSSR count). The van der Waals surface area contributed by atoms with Gasteiger partial charge in [-0.2, -0.15) is 0 Å². The first-order valence-corrected chi connectivity index (χ1v) is 4.10. The third-order valence-electron chi connectivity index (χ3n) is 0.939. The van der Waals surface area contributed by atoms with Crippen LogP contribution < -0.4 is 0 Å². The summed E-state index contributed by atoms with van der Waals surface area (Å²) in [5, 5.41) is 1.31. The number of carbonyl (C=O) groups excluding carboxylic acids is 1. The van der Waals surface area contributed by atoms with Crippen molar-refractivity contribution < 1.29 is 9.63 Å². The van der Waals surface area contributed by atoms with Crippen LogP contribution in [0.3, 0.4) is 0 Å². The van der Waals surface area contributed by atoms with Crippen molar-refractivity contribution in [2.45, 2.75) is 26.7 Å². The smallest absolute Gasteiger partial charge is 0.349 e. The van der Waals surface area contributed by atoms with Crippen molar-refractivity contribution in [3.8, 4) is 0 Å². The van der Waals surface area contributed by atoms with Crippen molar-refractivity contribution in [3.05, 3.63) is 12.7 Å². The number of carbonyl (C=O) groups is 1. The Bertz CT molecular complexity index is 120. The van der Waals surface area contributed by atoms with Gasteiger partial charge < -0.3 is 4.84 Å². The van der Waals surface area contributed by atoms with Gasteiger partial charge in [0.05, 0.1) is 0 Å². The molecule has 0 aromatic carbocycles. The second kappa shape index (κ2) is 10.2. The quantitative estimate of drug-likeness (QED) is 0.483. The molecule has 0 aromatic heterocycles. The monoisotopic (exact) mass is 173 g/mol. The summed E-state index contributed by atoms with van der Waals surface area (Å²) in [7, 11) is 3.25. The number of hydrogen-bond donors (Lipinski definition) is 0. The molecule has 0 spiro atoms. The summed E-state index contributed by atoms with van der Waals surface area (Å²) in [6.45, 7) is 7.57. The maximum Gasteiger partial charge on any atom is 0.349 e. The molecule has 0 bridgehead atoms. The lowest BCUT2D eigenvalue weighted by atomic mass is 10.4. The molecule has 0 radical (unpaired) electrons. The van der Waals surface area contributed by atoms with Crippen molar-refractivity contribution >= 4 is 5.97 Å². The van der Waals surface area contributed by atoms with E-state index in [1.165, 1.54) is 17.9 Å². The van der Waals surface area contributed by atoms with Crippen molar-refractivity contribution in [2.24, 2.45) is 0 Å². The molecule has 0 amide bonds. The van der Waals surface area contributed by atoms with Crippen LogP contribution in [0.2, 0.25) is 0 Å². The molecule has 3 heteroatoms. The molecular formula is C9H19NO2. The van der Waals surface area contributed by atoms with Gasteiger partial charge in [-0.05, 0) is 0 Å². The minimum Gasteiger partial charge on any atom is -0.365 e. The topological polar surface area (TPSA) is 29.5 Å². The van der Waals surface area contributed by atoms with Crippen molar-refractivity contribution in [3.63, 3.8) is 0 Å². The van der Waals surface area contributed by atoms with Crippen LogP contribution in [0, 0.1) is 0 Å². The Morgan fingerprint density at radius 1 is 1.42 bits per heavy atom. The van der Waals surface area contributed by atoms with Gasteiger partial charge in [-0.3, -0.25) is 0 Å². The molecule has 0 aromatic rings. The van der Waals surface area contributed by atoms with E-state index in [2.05, 4.69) is 25.3 Å². The Morgan fingerprint density at radius 3 is 1.92 bits per heavy atom. The fraction of sp³-hybridized carbons (Fsp3) is 0.667. The SMILES string of the molecule is C=CC(=O)ON(C)C.CCCC. The van der Waals surface area contributed by atoms with E-state index in [4.69, 9.17) is 0 Å². The predicted octanol–water partition coefficient (Wildman–Crippen LogP) is 2.00. The average Bonchev–Trinajstić information content (AvgIpc) is 2.04. The molecule has 0 aliphatic rings. The van der Waals surface area contributed by atoms with Gasteiger partial charge in [-0.15, -0.1) is 5.06 Å². The molecule has 0 aliphatic carbocycles. The molecule has 0 N–H and O–H groups in total. The molecule has 0 heterocycles. The average molecular weight is 173 g/mol. The van der Waals surface area contributed by atoms with Crippen LogP contribution in [0.5, 0.6) is 0 Å². The zero-order valence-corrected chi connectivity index (χ0v) is 8.46. The molecule has 3 nitrogen and oxygen atoms in total. The lowest BCUT2D eigenvalue weighted by Crippen LogP contribution is -2.16. The minimum atomic E-state index is -0.435. The van der Waals surface area contributed by atoms with Crippen LogP contribution in [-0.2, 0) is 9.63 Å². The van der Waals surface area contributed by atoms with Crippen LogP contribution in [0.15, 0.2) is 12.7 Å². The number of nitrogens with zero attached hydrogens (tertiary/aromatic N) is 1. The molecule has 0 fully saturated rings. The highest BCUT2D eigenvalue weighted by Crippen LogP contribution is 1.79. The third kappa shape index (κ3) is 16.1. The highest BCUT2D eigenvalue weighted by molar-refractivity contribution is 5.80. The van der Waals surface area contributed by atoms with Crippen LogP contribution >= 0.6 is 0 Å². The zero-order valence-electron chi connectivity index (χ0n) is 8.46. The summed E-state index contributed by atoms with van der Waals surface area (Å²) < 4.78 is 0. The molecule has 0 aliphatic heterocycles. The number of hydrogen-bond acceptors (Lipinski definition) is 3. The molecule has 0 saturated carbocycles. The zero-order chi connectivity index (χ0) is 9.98. The fourth-order valence-electron chi connectivity index (χ4n) is 0.217. The van der Waals surface area contributed by atoms with Crippen LogP contribution in [0.25, 0.3) is 0 Å². The molecule has 0 saturated heterocycles. The van der Waals surface area contributed by atoms with E-state index in [0.717, 1.165) is 6.08 Å². The van der Waals surface area contributed by atoms with E-state index >= 15 is 0 Å². The van der Waals surface area contributed by atoms with E-state index in [-0.39, 0.29) is 0 Å². The van der Waals surface area contributed by atoms with E-state index < -0.39 is 5.97 Å². The standard InChI is InChI=1S/C5H9NO2.C4H10/c1-4-5(7)8-6(2)3;1-3-4-2/h4H,1H2,2-3H3;3-4H2,1-2H3. The second-order valence-corrected chi connectivity index (χ2v) is 2.43. The lowest BCUT2D eigenvalue weighted by Gasteiger charge is -2.05. The Hall–Kier alpha value is -0.830. The van der Waals surface area contributed by atoms with Gasteiger partial charge in [-0.25, -0.2) is 4.79 Å². The summed E-state index contributed by atoms with van der Waals surface area (Å²) >= 11 is 0. The van der Waals surface area contributed by atoms with Crippen molar-refractivity contribution in [2.75, 3.05) is 14.1 Å². The first-order valence-electron chi connectivity index (χ1n) is 4.10. The number of unbranched alkanes of at least 4 members (excludes halogenated alkanes) is 1. The summed E-state index contributed by atoms with van der Waals surface area (Å²) in [5.41, 5.74) is 0. The van der Waals surface area contributed by atoms with Crippen molar-refractivity contribution in [1.82, 2.24) is 5.06 Å². The van der Waals surface area contributed by atoms with E-state index in [1.807, 2.05) is 0 Å². The molecule has 72 valence electrons. The van der Waals surface area contributed by atoms with E-state index in [1.54, 1.807) is 14.1 Å². The molecule has 0 unspecified atom stereocenters. The lowest BCUT2D eigenvalue weighted by molar-refractivity contribution is -0.171. The Labute approximate surface area is 75.0 Å². The van der Waals surface area contributed by atoms with Gasteiger partial charge in [0.1, 0.15) is 0 Å². The second-order valence-electron chi connectivity index (χ2n) is 2.43. The summed E-state index contributed by atoms with van der Waals surface area (Å²) in [6, 6.07) is 0. The largest absolute Gasteiger partial charge is 0.365 e. The minimum absolute atomic E-state index is 0.435. The van der Waals surface area contributed by atoms with Gasteiger partial charge in [0, 0.05) is 20.2 Å². The summed E-state index contributed by atoms with van der Waals surface area (Å²) in [6.07, 6.45) is 3.75. The van der Waals surface area contributed by atoms with Gasteiger partial charge in [0.15, 0.2) is 0 Å². The third-order valence-corrected chi connectivity index (χ3v) is 0.939. The number of hydroxylamine groups is 2. The highest BCUT2D eigenvalue weighted by Gasteiger charge is 1.94. The van der Waals surface area contributed by atoms with Crippen molar-refractivity contribution in [1.29, 1.82) is 0 Å². The van der Waals surface area contributed by atoms with Gasteiger partial charge in [0.25, 0.3) is 0 Å². The summed E-state index contributed by atoms with van der Waals surface area (Å²) in [5.74, 6) is -0.435. The fourth-order valence-corrected chi connectivity index (χ4v) is 0.217. The van der Waals surface area contributed by atoms with Crippen LogP contribution in [0.4, 0.5) is 0 Å². The first kappa shape index (κ1) is 13.7. The van der Waals surface area contributed by atoms with Gasteiger partial charge in [-0.1, -0.05) is 33.3 Å². The maximum atomic E-state index is 10.2. The van der Waals surface area contributed by atoms with Gasteiger partial charge >= 0.3 is 5.97 Å². The Morgan fingerprint density at radius 2 is 1.83 bits per heavy atom. The Kier molecular flexibility index (Phi) is 11.6. The Balaban J connectivity index is 0. The first-order chi connectivity index (χ1) is 5.58. The summed E-state index contributed by atoms with van der Waals surface area (Å²) in [4.78, 5) is 14.7. The normalized spacial score (nSPS) is 8.42. The maximum absolute atomic E-state index is 10.2.